The predicted octanol–water partition coefficient (Wildman–Crippen LogP) is 5.78. The third-order valence-corrected chi connectivity index (χ3v) is 12.9. The Morgan fingerprint density at radius 1 is 0.906 bits per heavy atom. The molecule has 4 aromatic rings. The second-order valence-corrected chi connectivity index (χ2v) is 16.9. The number of benzene rings is 2. The molecule has 5 N–H and O–H groups in total. The van der Waals surface area contributed by atoms with Gasteiger partial charge in [0.05, 0.1) is 39.1 Å². The van der Waals surface area contributed by atoms with Crippen molar-refractivity contribution >= 4 is 46.6 Å². The first-order valence-electron chi connectivity index (χ1n) is 18.0. The molecule has 2 aromatic carbocycles. The fourth-order valence-corrected chi connectivity index (χ4v) is 8.93. The van der Waals surface area contributed by atoms with Crippen LogP contribution in [0.2, 0.25) is 0 Å². The van der Waals surface area contributed by atoms with Gasteiger partial charge in [0.25, 0.3) is 0 Å². The lowest BCUT2D eigenvalue weighted by atomic mass is 9.94. The van der Waals surface area contributed by atoms with Crippen molar-refractivity contribution in [1.82, 2.24) is 30.8 Å². The molecular formula is C39H45N7O5S2. The number of thiazole rings is 2. The molecule has 0 bridgehead atoms. The molecule has 5 amide bonds. The lowest BCUT2D eigenvalue weighted by Crippen LogP contribution is -2.57. The molecule has 0 aliphatic heterocycles. The molecule has 53 heavy (non-hydrogen) atoms. The van der Waals surface area contributed by atoms with Crippen LogP contribution >= 0.6 is 22.7 Å². The minimum atomic E-state index is -1.47. The van der Waals surface area contributed by atoms with E-state index in [-0.39, 0.29) is 37.3 Å². The normalized spacial score (nSPS) is 26.7. The van der Waals surface area contributed by atoms with Crippen molar-refractivity contribution in [2.24, 2.45) is 11.7 Å². The van der Waals surface area contributed by atoms with Gasteiger partial charge in [-0.2, -0.15) is 0 Å². The monoisotopic (exact) mass is 755 g/mol. The van der Waals surface area contributed by atoms with E-state index in [2.05, 4.69) is 51.9 Å². The summed E-state index contributed by atoms with van der Waals surface area (Å²) in [6.07, 6.45) is 3.79. The summed E-state index contributed by atoms with van der Waals surface area (Å²) < 4.78 is 5.60. The second-order valence-electron chi connectivity index (χ2n) is 15.0. The predicted molar refractivity (Wildman–Crippen MR) is 202 cm³/mol. The van der Waals surface area contributed by atoms with E-state index in [0.717, 1.165) is 33.1 Å². The van der Waals surface area contributed by atoms with Crippen LogP contribution < -0.4 is 21.7 Å². The maximum Gasteiger partial charge on any atom is 0.407 e. The number of hydrogen-bond acceptors (Lipinski definition) is 9. The number of urea groups is 1. The van der Waals surface area contributed by atoms with Crippen molar-refractivity contribution in [3.05, 3.63) is 104 Å². The van der Waals surface area contributed by atoms with Crippen molar-refractivity contribution < 1.29 is 23.9 Å². The van der Waals surface area contributed by atoms with Gasteiger partial charge in [-0.15, -0.1) is 22.7 Å². The Hall–Kier alpha value is -4.82. The number of ether oxygens (including phenoxy) is 1. The molecule has 278 valence electrons. The molecule has 2 aromatic heterocycles. The van der Waals surface area contributed by atoms with E-state index in [1.807, 2.05) is 53.9 Å². The van der Waals surface area contributed by atoms with Crippen LogP contribution in [0.4, 0.5) is 9.59 Å². The third-order valence-electron chi connectivity index (χ3n) is 11.0. The highest BCUT2D eigenvalue weighted by molar-refractivity contribution is 7.09. The van der Waals surface area contributed by atoms with Crippen LogP contribution in [-0.4, -0.2) is 62.5 Å². The van der Waals surface area contributed by atoms with E-state index in [9.17, 15) is 19.2 Å². The Balaban J connectivity index is 1.09. The number of amides is 5. The molecule has 0 saturated heterocycles. The van der Waals surface area contributed by atoms with Crippen molar-refractivity contribution in [2.75, 3.05) is 7.05 Å². The number of nitrogens with one attached hydrogen (secondary N) is 3. The highest BCUT2D eigenvalue weighted by atomic mass is 32.1. The highest BCUT2D eigenvalue weighted by Crippen LogP contribution is 2.60. The molecule has 0 radical (unpaired) electrons. The van der Waals surface area contributed by atoms with Crippen molar-refractivity contribution in [3.63, 3.8) is 0 Å². The Morgan fingerprint density at radius 2 is 1.53 bits per heavy atom. The zero-order valence-corrected chi connectivity index (χ0v) is 31.7. The molecule has 3 aliphatic carbocycles. The topological polar surface area (TPSA) is 169 Å². The Bertz CT molecular complexity index is 1960. The van der Waals surface area contributed by atoms with Crippen molar-refractivity contribution in [1.29, 1.82) is 0 Å². The van der Waals surface area contributed by atoms with Crippen LogP contribution in [0.3, 0.4) is 0 Å². The van der Waals surface area contributed by atoms with Crippen LogP contribution in [0.1, 0.15) is 90.4 Å². The summed E-state index contributed by atoms with van der Waals surface area (Å²) in [5, 5.41) is 12.3. The number of alkyl carbamates (subject to hydrolysis) is 1. The van der Waals surface area contributed by atoms with E-state index < -0.39 is 46.5 Å². The number of nitrogens with two attached hydrogens (primary N) is 1. The Kier molecular flexibility index (Phi) is 10.0. The zero-order chi connectivity index (χ0) is 37.4. The van der Waals surface area contributed by atoms with E-state index in [4.69, 9.17) is 10.5 Å². The van der Waals surface area contributed by atoms with Gasteiger partial charge in [-0.05, 0) is 43.2 Å². The van der Waals surface area contributed by atoms with Gasteiger partial charge in [-0.3, -0.25) is 14.6 Å². The van der Waals surface area contributed by atoms with Gasteiger partial charge in [0.15, 0.2) is 0 Å². The minimum Gasteiger partial charge on any atom is -0.444 e. The van der Waals surface area contributed by atoms with E-state index in [0.29, 0.717) is 19.3 Å². The smallest absolute Gasteiger partial charge is 0.407 e. The summed E-state index contributed by atoms with van der Waals surface area (Å²) in [5.41, 5.74) is 7.69. The number of hydrogen-bond donors (Lipinski definition) is 4. The molecule has 12 nitrogen and oxygen atoms in total. The molecule has 6 atom stereocenters. The molecule has 3 fully saturated rings. The largest absolute Gasteiger partial charge is 0.444 e. The van der Waals surface area contributed by atoms with E-state index in [1.165, 1.54) is 16.2 Å². The van der Waals surface area contributed by atoms with Crippen LogP contribution in [0.25, 0.3) is 0 Å². The Labute approximate surface area is 316 Å². The SMILES string of the molecule is CC(C)c1nc(CN(C)C(=O)NC2(C(=O)NC3(CCC4(NC(=O)OCc5cncs5)CC4c4ccccc4)C[C@H]3c3ccccc3)C[C@H]2C(N)=O)cs1. The maximum atomic E-state index is 14.4. The van der Waals surface area contributed by atoms with Crippen LogP contribution in [0.5, 0.6) is 0 Å². The number of carbonyl (C=O) groups is 4. The number of primary amides is 1. The molecule has 2 heterocycles. The van der Waals surface area contributed by atoms with Gasteiger partial charge < -0.3 is 31.3 Å². The number of rotatable bonds is 15. The van der Waals surface area contributed by atoms with Crippen molar-refractivity contribution in [2.45, 2.75) is 93.5 Å². The van der Waals surface area contributed by atoms with Crippen molar-refractivity contribution in [3.8, 4) is 0 Å². The van der Waals surface area contributed by atoms with Crippen LogP contribution in [0, 0.1) is 5.92 Å². The zero-order valence-electron chi connectivity index (χ0n) is 30.0. The lowest BCUT2D eigenvalue weighted by Gasteiger charge is -2.28. The molecule has 14 heteroatoms. The third kappa shape index (κ3) is 7.79. The summed E-state index contributed by atoms with van der Waals surface area (Å²) in [7, 11) is 1.64. The van der Waals surface area contributed by atoms with Gasteiger partial charge in [0.1, 0.15) is 12.1 Å². The van der Waals surface area contributed by atoms with Crippen LogP contribution in [-0.2, 0) is 27.5 Å². The number of aromatic nitrogens is 2. The Morgan fingerprint density at radius 3 is 2.06 bits per heavy atom. The average Bonchev–Trinajstić information content (AvgIpc) is 4.07. The molecule has 0 spiro atoms. The minimum absolute atomic E-state index is 0.00192. The maximum absolute atomic E-state index is 14.4. The summed E-state index contributed by atoms with van der Waals surface area (Å²) >= 11 is 2.97. The van der Waals surface area contributed by atoms with Gasteiger partial charge in [-0.25, -0.2) is 14.6 Å². The standard InChI is InChI=1S/C39H45N7O5S2/c1-24(2)33-42-27(22-52-33)20-46(3)35(49)44-39(18-31(39)32(40)47)34(48)43-37(16-29(37)25-10-6-4-7-11-25)14-15-38(17-30(38)26-12-8-5-9-13-26)45-36(50)51-21-28-19-41-23-53-28/h4-13,19,22-24,29-31H,14-18,20-21H2,1-3H3,(H2,40,47)(H,43,48)(H,44,49)(H,45,50)/t29-,30?,31-,37?,38?,39?/m0/s1. The number of nitrogens with zero attached hydrogens (tertiary/aromatic N) is 3. The summed E-state index contributed by atoms with van der Waals surface area (Å²) in [5.74, 6) is -1.58. The van der Waals surface area contributed by atoms with Gasteiger partial charge in [-0.1, -0.05) is 74.5 Å². The molecule has 7 rings (SSSR count). The quantitative estimate of drug-likeness (QED) is 0.119. The van der Waals surface area contributed by atoms with Gasteiger partial charge >= 0.3 is 12.1 Å². The summed E-state index contributed by atoms with van der Waals surface area (Å²) in [6, 6.07) is 19.6. The molecule has 3 saturated carbocycles. The van der Waals surface area contributed by atoms with Gasteiger partial charge in [0.2, 0.25) is 11.8 Å². The first-order chi connectivity index (χ1) is 25.4. The first kappa shape index (κ1) is 36.5. The van der Waals surface area contributed by atoms with Crippen LogP contribution in [0.15, 0.2) is 77.8 Å². The fraction of sp³-hybridized carbons (Fsp3) is 0.436. The molecular weight excluding hydrogens is 711 g/mol. The van der Waals surface area contributed by atoms with E-state index >= 15 is 0 Å². The molecule has 4 unspecified atom stereocenters. The lowest BCUT2D eigenvalue weighted by molar-refractivity contribution is -0.128. The first-order valence-corrected chi connectivity index (χ1v) is 19.7. The van der Waals surface area contributed by atoms with Gasteiger partial charge in [0, 0.05) is 41.9 Å². The molecule has 3 aliphatic rings. The fourth-order valence-electron chi connectivity index (χ4n) is 7.60. The summed E-state index contributed by atoms with van der Waals surface area (Å²) in [4.78, 5) is 64.7. The number of carbonyl (C=O) groups excluding carboxylic acids is 4. The highest BCUT2D eigenvalue weighted by Gasteiger charge is 2.68. The van der Waals surface area contributed by atoms with E-state index in [1.54, 1.807) is 30.1 Å². The summed E-state index contributed by atoms with van der Waals surface area (Å²) in [6.45, 7) is 4.51. The second kappa shape index (κ2) is 14.5. The average molecular weight is 756 g/mol.